The number of carbonyl (C=O) groups excluding carboxylic acids is 7. The molecule has 0 aromatic rings. The van der Waals surface area contributed by atoms with Crippen molar-refractivity contribution in [2.75, 3.05) is 19.8 Å². The highest BCUT2D eigenvalue weighted by atomic mass is 16.4. The summed E-state index contributed by atoms with van der Waals surface area (Å²) in [6.45, 7) is 5.51. The van der Waals surface area contributed by atoms with Gasteiger partial charge in [0.15, 0.2) is 0 Å². The average molecular weight is 1140 g/mol. The van der Waals surface area contributed by atoms with Gasteiger partial charge in [0.25, 0.3) is 0 Å². The van der Waals surface area contributed by atoms with E-state index in [0.29, 0.717) is 82.5 Å². The van der Waals surface area contributed by atoms with Crippen molar-refractivity contribution in [3.8, 4) is 0 Å². The fourth-order valence-electron chi connectivity index (χ4n) is 5.11. The molecule has 0 fully saturated rings. The zero-order chi connectivity index (χ0) is 61.5. The Labute approximate surface area is 450 Å². The maximum Gasteiger partial charge on any atom is 0.148 e. The van der Waals surface area contributed by atoms with Crippen LogP contribution in [-0.2, 0) is 33.6 Å². The molecule has 18 atom stereocenters. The van der Waals surface area contributed by atoms with E-state index in [0.717, 1.165) is 0 Å². The Morgan fingerprint density at radius 2 is 0.805 bits per heavy atom. The van der Waals surface area contributed by atoms with Crippen LogP contribution in [0.5, 0.6) is 0 Å². The Morgan fingerprint density at radius 3 is 1.19 bits per heavy atom. The molecule has 462 valence electrons. The number of hydrogen-bond acceptors (Lipinski definition) is 28. The van der Waals surface area contributed by atoms with Crippen molar-refractivity contribution < 1.29 is 141 Å². The Balaban J connectivity index is -0.000000148. The molecule has 0 saturated heterocycles. The molecule has 28 heteroatoms. The fourth-order valence-corrected chi connectivity index (χ4v) is 5.11. The van der Waals surface area contributed by atoms with Gasteiger partial charge in [0.1, 0.15) is 68.4 Å². The first-order chi connectivity index (χ1) is 36.0. The normalized spacial score (nSPS) is 17.6. The smallest absolute Gasteiger partial charge is 0.148 e. The lowest BCUT2D eigenvalue weighted by Gasteiger charge is -2.19. The van der Waals surface area contributed by atoms with Gasteiger partial charge in [-0.25, -0.2) is 0 Å². The van der Waals surface area contributed by atoms with E-state index in [1.54, 1.807) is 6.92 Å². The van der Waals surface area contributed by atoms with Crippen LogP contribution in [0.25, 0.3) is 0 Å². The van der Waals surface area contributed by atoms with Crippen LogP contribution in [0.3, 0.4) is 0 Å². The predicted octanol–water partition coefficient (Wildman–Crippen LogP) is -6.52. The van der Waals surface area contributed by atoms with Gasteiger partial charge in [0, 0.05) is 58.2 Å². The van der Waals surface area contributed by atoms with Crippen LogP contribution < -0.4 is 0 Å². The molecule has 0 radical (unpaired) electrons. The number of rotatable bonds is 38. The summed E-state index contributed by atoms with van der Waals surface area (Å²) in [5.74, 6) is 0. The summed E-state index contributed by atoms with van der Waals surface area (Å²) < 4.78 is 0. The first-order valence-electron chi connectivity index (χ1n) is 25.2. The Bertz CT molecular complexity index is 1300. The number of aldehydes is 7. The maximum atomic E-state index is 9.89. The van der Waals surface area contributed by atoms with Crippen molar-refractivity contribution in [2.24, 2.45) is 0 Å². The van der Waals surface area contributed by atoms with E-state index >= 15 is 0 Å². The van der Waals surface area contributed by atoms with Gasteiger partial charge in [-0.3, -0.25) is 0 Å². The van der Waals surface area contributed by atoms with Crippen LogP contribution >= 0.6 is 0 Å². The third-order valence-corrected chi connectivity index (χ3v) is 10.1. The molecule has 0 spiro atoms. The predicted molar refractivity (Wildman–Crippen MR) is 273 cm³/mol. The molecule has 0 amide bonds. The maximum absolute atomic E-state index is 9.89. The van der Waals surface area contributed by atoms with E-state index < -0.39 is 110 Å². The monoisotopic (exact) mass is 1130 g/mol. The Morgan fingerprint density at radius 1 is 0.351 bits per heavy atom. The summed E-state index contributed by atoms with van der Waals surface area (Å²) in [6.07, 6.45) is -9.53. The third-order valence-electron chi connectivity index (χ3n) is 10.1. The molecule has 77 heavy (non-hydrogen) atoms. The molecule has 0 aromatic carbocycles. The number of aliphatic hydroxyl groups is 21. The fraction of sp³-hybridized carbons (Fsp3) is 0.857. The van der Waals surface area contributed by atoms with Crippen molar-refractivity contribution >= 4 is 44.0 Å². The zero-order valence-corrected chi connectivity index (χ0v) is 44.8. The van der Waals surface area contributed by atoms with Gasteiger partial charge in [-0.2, -0.15) is 0 Å². The van der Waals surface area contributed by atoms with Gasteiger partial charge >= 0.3 is 0 Å². The summed E-state index contributed by atoms with van der Waals surface area (Å²) in [7, 11) is 0. The second-order valence-electron chi connectivity index (χ2n) is 17.5. The van der Waals surface area contributed by atoms with Crippen molar-refractivity contribution in [3.63, 3.8) is 0 Å². The SMILES string of the molecule is CC(O)C(O)C(O)CCC=O.CC(O)C(O)CC(O)CC=O.CC(O)CC(O)C(O)CC=O.CCC(O)C(O)C(O)CC=O.O=CC(O)CCC(O)CCO.O=CC(O)CCCC(O)CO.O=CCCC(O)C(O)CCO. The van der Waals surface area contributed by atoms with Gasteiger partial charge in [-0.15, -0.1) is 0 Å². The van der Waals surface area contributed by atoms with E-state index in [2.05, 4.69) is 0 Å². The third kappa shape index (κ3) is 65.3. The van der Waals surface area contributed by atoms with Crippen LogP contribution in [-0.4, -0.2) is 281 Å². The van der Waals surface area contributed by atoms with E-state index in [1.165, 1.54) is 20.8 Å². The largest absolute Gasteiger partial charge is 0.396 e. The van der Waals surface area contributed by atoms with E-state index in [1.807, 2.05) is 0 Å². The van der Waals surface area contributed by atoms with E-state index in [4.69, 9.17) is 107 Å². The number of carbonyl (C=O) groups is 7. The summed E-state index contributed by atoms with van der Waals surface area (Å²) in [5, 5.41) is 186. The molecule has 0 aromatic heterocycles. The van der Waals surface area contributed by atoms with Crippen molar-refractivity contribution in [3.05, 3.63) is 0 Å². The molecule has 21 N–H and O–H groups in total. The molecule has 0 rings (SSSR count). The molecular formula is C49H98O28. The summed E-state index contributed by atoms with van der Waals surface area (Å²) >= 11 is 0. The first kappa shape index (κ1) is 87.7. The van der Waals surface area contributed by atoms with E-state index in [-0.39, 0.29) is 90.4 Å². The van der Waals surface area contributed by atoms with Crippen LogP contribution in [0.15, 0.2) is 0 Å². The highest BCUT2D eigenvalue weighted by Crippen LogP contribution is 2.09. The zero-order valence-electron chi connectivity index (χ0n) is 44.8. The molecule has 0 saturated carbocycles. The average Bonchev–Trinajstić information content (AvgIpc) is 3.38. The minimum Gasteiger partial charge on any atom is -0.396 e. The van der Waals surface area contributed by atoms with Crippen molar-refractivity contribution in [2.45, 2.75) is 247 Å². The standard InChI is InChI=1S/7C7H14O4/c1-5(9)7(11)4-6(10)2-3-8;1-5(9)4-7(11)6(10)2-3-8;1-5(9)7(11)6(10)3-2-4-8;8-4-3-6(10)1-2-7(11)5-9;1-2-5(9)7(11)6(10)3-4-8;8-4-1-2-6(10)7(11)3-5-9;8-4-6(10)2-1-3-7(11)5-9/h2*3,5-7,9-11H,2,4H2,1H3;4-7,9-11H,2-3H2,1H3;5-8,10-11H,1-4H2;4-7,9-11H,2-3H2,1H3;2*4,6-7,9-11H,1-3,5H2. The number of hydrogen-bond donors (Lipinski definition) is 21. The molecule has 0 aliphatic rings. The Hall–Kier alpha value is -3.15. The summed E-state index contributed by atoms with van der Waals surface area (Å²) in [6, 6.07) is 0. The van der Waals surface area contributed by atoms with Gasteiger partial charge in [0.2, 0.25) is 0 Å². The molecule has 18 unspecified atom stereocenters. The highest BCUT2D eigenvalue weighted by molar-refractivity contribution is 5.55. The van der Waals surface area contributed by atoms with Crippen LogP contribution in [0.4, 0.5) is 0 Å². The van der Waals surface area contributed by atoms with Crippen LogP contribution in [0.2, 0.25) is 0 Å². The van der Waals surface area contributed by atoms with Gasteiger partial charge < -0.3 is 141 Å². The molecule has 0 aliphatic heterocycles. The van der Waals surface area contributed by atoms with E-state index in [9.17, 15) is 33.6 Å². The van der Waals surface area contributed by atoms with Gasteiger partial charge in [-0.05, 0) is 85.0 Å². The van der Waals surface area contributed by atoms with Gasteiger partial charge in [0.05, 0.1) is 92.1 Å². The molecular weight excluding hydrogens is 1040 g/mol. The van der Waals surface area contributed by atoms with Crippen molar-refractivity contribution in [1.82, 2.24) is 0 Å². The minimum atomic E-state index is -1.22. The molecule has 0 bridgehead atoms. The lowest BCUT2D eigenvalue weighted by Crippen LogP contribution is -2.37. The lowest BCUT2D eigenvalue weighted by atomic mass is 10.0. The van der Waals surface area contributed by atoms with Crippen LogP contribution in [0, 0.1) is 0 Å². The quantitative estimate of drug-likeness (QED) is 0.0256. The van der Waals surface area contributed by atoms with Crippen LogP contribution in [0.1, 0.15) is 137 Å². The topological polar surface area (TPSA) is 544 Å². The molecule has 0 heterocycles. The van der Waals surface area contributed by atoms with Crippen molar-refractivity contribution in [1.29, 1.82) is 0 Å². The first-order valence-corrected chi connectivity index (χ1v) is 25.2. The Kier molecular flexibility index (Phi) is 70.7. The second-order valence-corrected chi connectivity index (χ2v) is 17.5. The minimum absolute atomic E-state index is 0.00375. The number of aliphatic hydroxyl groups excluding tert-OH is 21. The summed E-state index contributed by atoms with van der Waals surface area (Å²) in [4.78, 5) is 69.1. The molecule has 28 nitrogen and oxygen atoms in total. The van der Waals surface area contributed by atoms with Gasteiger partial charge in [-0.1, -0.05) is 6.92 Å². The second kappa shape index (κ2) is 62.1. The lowest BCUT2D eigenvalue weighted by molar-refractivity contribution is -0.115. The highest BCUT2D eigenvalue weighted by Gasteiger charge is 2.23. The summed E-state index contributed by atoms with van der Waals surface area (Å²) in [5.41, 5.74) is 0. The molecule has 0 aliphatic carbocycles.